The Morgan fingerprint density at radius 3 is 2.48 bits per heavy atom. The van der Waals surface area contributed by atoms with Crippen LogP contribution in [-0.2, 0) is 15.8 Å². The lowest BCUT2D eigenvalue weighted by atomic mass is 9.93. The van der Waals surface area contributed by atoms with Crippen LogP contribution in [0.15, 0.2) is 42.6 Å². The third-order valence-electron chi connectivity index (χ3n) is 3.55. The van der Waals surface area contributed by atoms with Gasteiger partial charge in [0.15, 0.2) is 4.99 Å². The number of alkyl halides is 3. The summed E-state index contributed by atoms with van der Waals surface area (Å²) >= 11 is 10.9. The number of nitrogens with zero attached hydrogens (tertiary/aromatic N) is 1. The van der Waals surface area contributed by atoms with Crippen LogP contribution in [0.3, 0.4) is 0 Å². The Labute approximate surface area is 162 Å². The number of hydrogen-bond acceptors (Lipinski definition) is 4. The first-order valence-corrected chi connectivity index (χ1v) is 8.28. The zero-order chi connectivity index (χ0) is 20.2. The molecule has 0 aliphatic rings. The third-order valence-corrected chi connectivity index (χ3v) is 4.18. The molecule has 2 aromatic rings. The largest absolute Gasteiger partial charge is 0.416 e. The smallest absolute Gasteiger partial charge is 0.353 e. The first-order chi connectivity index (χ1) is 12.6. The van der Waals surface area contributed by atoms with Crippen LogP contribution in [0.2, 0.25) is 5.02 Å². The summed E-state index contributed by atoms with van der Waals surface area (Å²) in [6.07, 6.45) is -3.66. The molecular formula is C17H13ClF3N3O2S. The van der Waals surface area contributed by atoms with Crippen LogP contribution in [0.1, 0.15) is 22.7 Å². The van der Waals surface area contributed by atoms with Gasteiger partial charge in [-0.05, 0) is 23.8 Å². The molecule has 2 rings (SSSR count). The summed E-state index contributed by atoms with van der Waals surface area (Å²) in [5.41, 5.74) is -0.926. The first kappa shape index (κ1) is 20.8. The molecule has 0 radical (unpaired) electrons. The zero-order valence-corrected chi connectivity index (χ0v) is 15.4. The van der Waals surface area contributed by atoms with E-state index in [1.807, 2.05) is 0 Å². The van der Waals surface area contributed by atoms with E-state index in [-0.39, 0.29) is 16.3 Å². The van der Waals surface area contributed by atoms with Crippen molar-refractivity contribution in [3.63, 3.8) is 0 Å². The van der Waals surface area contributed by atoms with E-state index in [0.717, 1.165) is 18.3 Å². The number of carbonyl (C=O) groups excluding carboxylic acids is 2. The number of amides is 2. The predicted octanol–water partition coefficient (Wildman–Crippen LogP) is 3.08. The molecule has 27 heavy (non-hydrogen) atoms. The average Bonchev–Trinajstić information content (AvgIpc) is 2.62. The van der Waals surface area contributed by atoms with Gasteiger partial charge in [0.2, 0.25) is 5.91 Å². The lowest BCUT2D eigenvalue weighted by molar-refractivity contribution is -0.137. The maximum absolute atomic E-state index is 13.0. The number of thiocarbonyl (C=S) groups is 1. The fourth-order valence-corrected chi connectivity index (χ4v) is 2.73. The van der Waals surface area contributed by atoms with E-state index in [2.05, 4.69) is 15.6 Å². The molecule has 142 valence electrons. The van der Waals surface area contributed by atoms with Crippen molar-refractivity contribution in [3.05, 3.63) is 64.4 Å². The third kappa shape index (κ3) is 5.01. The van der Waals surface area contributed by atoms with Gasteiger partial charge in [-0.1, -0.05) is 42.0 Å². The molecule has 0 fully saturated rings. The fourth-order valence-electron chi connectivity index (χ4n) is 2.28. The van der Waals surface area contributed by atoms with Crippen LogP contribution in [-0.4, -0.2) is 28.8 Å². The molecule has 0 saturated carbocycles. The van der Waals surface area contributed by atoms with Crippen LogP contribution in [0.5, 0.6) is 0 Å². The van der Waals surface area contributed by atoms with Gasteiger partial charge in [-0.2, -0.15) is 13.2 Å². The van der Waals surface area contributed by atoms with Crippen molar-refractivity contribution < 1.29 is 22.8 Å². The minimum absolute atomic E-state index is 0.155. The standard InChI is InChI=1S/C17H13ClF3N3O2S/c1-22-15(26)16(27)24-14(25)13(10-4-2-3-5-11(10)18)12-8-9(6-7-23-12)17(19,20)21/h2-8,13H,1H3,(H,22,26)(H,24,25,27). The van der Waals surface area contributed by atoms with E-state index in [1.165, 1.54) is 19.2 Å². The molecular weight excluding hydrogens is 403 g/mol. The number of hydrogen-bond donors (Lipinski definition) is 2. The summed E-state index contributed by atoms with van der Waals surface area (Å²) in [5, 5.41) is 4.61. The van der Waals surface area contributed by atoms with E-state index in [9.17, 15) is 22.8 Å². The highest BCUT2D eigenvalue weighted by Crippen LogP contribution is 2.34. The fraction of sp³-hybridized carbons (Fsp3) is 0.176. The Morgan fingerprint density at radius 2 is 1.89 bits per heavy atom. The average molecular weight is 416 g/mol. The van der Waals surface area contributed by atoms with Crippen molar-refractivity contribution in [2.75, 3.05) is 7.05 Å². The molecule has 0 aliphatic carbocycles. The number of nitrogens with one attached hydrogen (secondary N) is 2. The summed E-state index contributed by atoms with van der Waals surface area (Å²) in [6.45, 7) is 0. The minimum Gasteiger partial charge on any atom is -0.353 e. The van der Waals surface area contributed by atoms with Crippen molar-refractivity contribution in [3.8, 4) is 0 Å². The monoisotopic (exact) mass is 415 g/mol. The molecule has 0 bridgehead atoms. The molecule has 10 heteroatoms. The van der Waals surface area contributed by atoms with Gasteiger partial charge < -0.3 is 10.6 Å². The molecule has 5 nitrogen and oxygen atoms in total. The molecule has 1 unspecified atom stereocenters. The normalized spacial score (nSPS) is 12.2. The molecule has 0 spiro atoms. The van der Waals surface area contributed by atoms with Gasteiger partial charge in [0, 0.05) is 18.3 Å². The van der Waals surface area contributed by atoms with Crippen molar-refractivity contribution in [1.29, 1.82) is 0 Å². The summed E-state index contributed by atoms with van der Waals surface area (Å²) in [7, 11) is 1.32. The zero-order valence-electron chi connectivity index (χ0n) is 13.8. The summed E-state index contributed by atoms with van der Waals surface area (Å²) in [6, 6.07) is 7.71. The second-order valence-electron chi connectivity index (χ2n) is 5.32. The van der Waals surface area contributed by atoms with Gasteiger partial charge in [-0.15, -0.1) is 0 Å². The van der Waals surface area contributed by atoms with Crippen molar-refractivity contribution in [1.82, 2.24) is 15.6 Å². The second kappa shape index (κ2) is 8.45. The SMILES string of the molecule is CNC(=O)C(=S)NC(=O)C(c1cc(C(F)(F)F)ccn1)c1ccccc1Cl. The van der Waals surface area contributed by atoms with E-state index in [4.69, 9.17) is 23.8 Å². The number of benzene rings is 1. The van der Waals surface area contributed by atoms with Crippen molar-refractivity contribution in [2.24, 2.45) is 0 Å². The molecule has 1 atom stereocenters. The molecule has 1 heterocycles. The minimum atomic E-state index is -4.61. The van der Waals surface area contributed by atoms with Gasteiger partial charge in [0.1, 0.15) is 5.92 Å². The van der Waals surface area contributed by atoms with E-state index < -0.39 is 34.5 Å². The number of rotatable bonds is 3. The Hall–Kier alpha value is -2.52. The lowest BCUT2D eigenvalue weighted by Crippen LogP contribution is -2.42. The van der Waals surface area contributed by atoms with E-state index in [1.54, 1.807) is 12.1 Å². The first-order valence-electron chi connectivity index (χ1n) is 7.49. The van der Waals surface area contributed by atoms with E-state index >= 15 is 0 Å². The molecule has 0 aliphatic heterocycles. The molecule has 0 saturated heterocycles. The second-order valence-corrected chi connectivity index (χ2v) is 6.13. The highest BCUT2D eigenvalue weighted by molar-refractivity contribution is 7.82. The Balaban J connectivity index is 2.52. The summed E-state index contributed by atoms with van der Waals surface area (Å²) < 4.78 is 39.1. The van der Waals surface area contributed by atoms with Crippen molar-refractivity contribution >= 4 is 40.6 Å². The van der Waals surface area contributed by atoms with Crippen LogP contribution < -0.4 is 10.6 Å². The molecule has 2 N–H and O–H groups in total. The number of halogens is 4. The quantitative estimate of drug-likeness (QED) is 0.756. The summed E-state index contributed by atoms with van der Waals surface area (Å²) in [5.74, 6) is -2.85. The number of pyridine rings is 1. The van der Waals surface area contributed by atoms with Crippen LogP contribution in [0, 0.1) is 0 Å². The maximum atomic E-state index is 13.0. The van der Waals surface area contributed by atoms with Crippen molar-refractivity contribution in [2.45, 2.75) is 12.1 Å². The van der Waals surface area contributed by atoms with Gasteiger partial charge in [-0.25, -0.2) is 0 Å². The molecule has 2 amide bonds. The van der Waals surface area contributed by atoms with Gasteiger partial charge in [0.25, 0.3) is 5.91 Å². The Bertz CT molecular complexity index is 890. The number of carbonyl (C=O) groups is 2. The highest BCUT2D eigenvalue weighted by atomic mass is 35.5. The summed E-state index contributed by atoms with van der Waals surface area (Å²) in [4.78, 5) is 27.7. The lowest BCUT2D eigenvalue weighted by Gasteiger charge is -2.19. The van der Waals surface area contributed by atoms with Crippen LogP contribution in [0.25, 0.3) is 0 Å². The predicted molar refractivity (Wildman–Crippen MR) is 97.3 cm³/mol. The number of aromatic nitrogens is 1. The topological polar surface area (TPSA) is 71.1 Å². The Morgan fingerprint density at radius 1 is 1.22 bits per heavy atom. The molecule has 1 aromatic heterocycles. The number of likely N-dealkylation sites (N-methyl/N-ethyl adjacent to an activating group) is 1. The van der Waals surface area contributed by atoms with Gasteiger partial charge >= 0.3 is 6.18 Å². The molecule has 1 aromatic carbocycles. The highest BCUT2D eigenvalue weighted by Gasteiger charge is 2.34. The van der Waals surface area contributed by atoms with Crippen LogP contribution >= 0.6 is 23.8 Å². The Kier molecular flexibility index (Phi) is 6.50. The van der Waals surface area contributed by atoms with Gasteiger partial charge in [-0.3, -0.25) is 14.6 Å². The van der Waals surface area contributed by atoms with Crippen LogP contribution in [0.4, 0.5) is 13.2 Å². The maximum Gasteiger partial charge on any atom is 0.416 e. The van der Waals surface area contributed by atoms with Gasteiger partial charge in [0.05, 0.1) is 11.3 Å². The van der Waals surface area contributed by atoms with E-state index in [0.29, 0.717) is 0 Å².